The summed E-state index contributed by atoms with van der Waals surface area (Å²) in [5.74, 6) is 0.467. The minimum atomic E-state index is -0.361. The number of nitriles is 1. The van der Waals surface area contributed by atoms with Crippen molar-refractivity contribution in [1.82, 2.24) is 25.3 Å². The maximum Gasteiger partial charge on any atom is 0.217 e. The van der Waals surface area contributed by atoms with Crippen LogP contribution in [0.1, 0.15) is 29.9 Å². The largest absolute Gasteiger partial charge is 0.346 e. The quantitative estimate of drug-likeness (QED) is 0.551. The molecule has 4 aromatic rings. The van der Waals surface area contributed by atoms with Crippen molar-refractivity contribution < 1.29 is 4.79 Å². The second kappa shape index (κ2) is 7.90. The summed E-state index contributed by atoms with van der Waals surface area (Å²) >= 11 is 0. The molecule has 3 aromatic heterocycles. The minimum Gasteiger partial charge on any atom is -0.346 e. The molecule has 0 saturated heterocycles. The van der Waals surface area contributed by atoms with Crippen molar-refractivity contribution >= 4 is 17.1 Å². The zero-order valence-electron chi connectivity index (χ0n) is 15.8. The van der Waals surface area contributed by atoms with E-state index in [1.165, 1.54) is 6.92 Å². The molecule has 0 aliphatic rings. The van der Waals surface area contributed by atoms with Crippen molar-refractivity contribution in [3.05, 3.63) is 78.0 Å². The highest BCUT2D eigenvalue weighted by molar-refractivity contribution is 5.78. The van der Waals surface area contributed by atoms with E-state index in [4.69, 9.17) is 5.26 Å². The van der Waals surface area contributed by atoms with E-state index in [9.17, 15) is 4.79 Å². The van der Waals surface area contributed by atoms with Crippen molar-refractivity contribution in [3.8, 4) is 17.2 Å². The fourth-order valence-corrected chi connectivity index (χ4v) is 3.25. The molecule has 0 bridgehead atoms. The third-order valence-electron chi connectivity index (χ3n) is 4.57. The number of nitrogens with one attached hydrogen (secondary N) is 2. The number of benzene rings is 1. The predicted molar refractivity (Wildman–Crippen MR) is 109 cm³/mol. The van der Waals surface area contributed by atoms with Gasteiger partial charge in [0.25, 0.3) is 0 Å². The van der Waals surface area contributed by atoms with Crippen molar-refractivity contribution in [2.45, 2.75) is 19.4 Å². The zero-order chi connectivity index (χ0) is 20.2. The van der Waals surface area contributed by atoms with Gasteiger partial charge < -0.3 is 10.3 Å². The van der Waals surface area contributed by atoms with Gasteiger partial charge in [-0.3, -0.25) is 9.78 Å². The molecule has 2 N–H and O–H groups in total. The molecular formula is C22H18N6O. The molecule has 0 aliphatic heterocycles. The molecule has 0 fully saturated rings. The lowest BCUT2D eigenvalue weighted by Crippen LogP contribution is -2.28. The predicted octanol–water partition coefficient (Wildman–Crippen LogP) is 3.31. The molecule has 1 aromatic carbocycles. The molecule has 1 atom stereocenters. The van der Waals surface area contributed by atoms with E-state index >= 15 is 0 Å². The Labute approximate surface area is 167 Å². The monoisotopic (exact) mass is 382 g/mol. The molecule has 0 saturated carbocycles. The molecule has 3 heterocycles. The zero-order valence-corrected chi connectivity index (χ0v) is 15.8. The van der Waals surface area contributed by atoms with E-state index in [1.807, 2.05) is 36.4 Å². The molecule has 7 heteroatoms. The number of amides is 1. The number of nitrogens with zero attached hydrogens (tertiary/aromatic N) is 4. The Morgan fingerprint density at radius 3 is 2.79 bits per heavy atom. The average molecular weight is 382 g/mol. The van der Waals surface area contributed by atoms with Crippen molar-refractivity contribution in [2.75, 3.05) is 0 Å². The van der Waals surface area contributed by atoms with Crippen LogP contribution in [-0.2, 0) is 11.2 Å². The number of fused-ring (bicyclic) bond motifs is 1. The molecule has 0 radical (unpaired) electrons. The fraction of sp³-hybridized carbons (Fsp3) is 0.136. The maximum absolute atomic E-state index is 11.8. The van der Waals surface area contributed by atoms with Gasteiger partial charge in [0, 0.05) is 31.1 Å². The van der Waals surface area contributed by atoms with Crippen LogP contribution in [0, 0.1) is 11.3 Å². The summed E-state index contributed by atoms with van der Waals surface area (Å²) in [6, 6.07) is 14.9. The first-order valence-electron chi connectivity index (χ1n) is 9.14. The number of rotatable bonds is 5. The first-order valence-corrected chi connectivity index (χ1v) is 9.14. The number of hydrogen-bond acceptors (Lipinski definition) is 5. The molecular weight excluding hydrogens is 364 g/mol. The van der Waals surface area contributed by atoms with E-state index in [2.05, 4.69) is 31.3 Å². The Hall–Kier alpha value is -4.05. The second-order valence-corrected chi connectivity index (χ2v) is 6.72. The third kappa shape index (κ3) is 4.12. The Kier molecular flexibility index (Phi) is 4.99. The summed E-state index contributed by atoms with van der Waals surface area (Å²) in [5, 5.41) is 12.1. The molecule has 29 heavy (non-hydrogen) atoms. The smallest absolute Gasteiger partial charge is 0.217 e. The lowest BCUT2D eigenvalue weighted by Gasteiger charge is -2.15. The van der Waals surface area contributed by atoms with Gasteiger partial charge in [-0.1, -0.05) is 12.1 Å². The van der Waals surface area contributed by atoms with Crippen LogP contribution in [0.2, 0.25) is 0 Å². The maximum atomic E-state index is 11.8. The number of H-pyrrole nitrogens is 1. The first kappa shape index (κ1) is 18.3. The molecule has 4 rings (SSSR count). The highest BCUT2D eigenvalue weighted by Crippen LogP contribution is 2.24. The molecule has 7 nitrogen and oxygen atoms in total. The SMILES string of the molecule is CC(=O)N[C@@H](Cc1cccc(C#N)c1)c1nc2cc(-c3ccncc3)cnc2[nH]1. The van der Waals surface area contributed by atoms with E-state index < -0.39 is 0 Å². The van der Waals surface area contributed by atoms with Gasteiger partial charge in [-0.15, -0.1) is 0 Å². The fourth-order valence-electron chi connectivity index (χ4n) is 3.25. The van der Waals surface area contributed by atoms with E-state index in [0.717, 1.165) is 22.2 Å². The van der Waals surface area contributed by atoms with Gasteiger partial charge in [0.15, 0.2) is 5.65 Å². The lowest BCUT2D eigenvalue weighted by atomic mass is 10.0. The molecule has 0 aliphatic carbocycles. The molecule has 0 unspecified atom stereocenters. The number of carbonyl (C=O) groups is 1. The molecule has 142 valence electrons. The number of aromatic nitrogens is 4. The molecule has 1 amide bonds. The van der Waals surface area contributed by atoms with E-state index in [-0.39, 0.29) is 11.9 Å². The summed E-state index contributed by atoms with van der Waals surface area (Å²) in [4.78, 5) is 28.2. The third-order valence-corrected chi connectivity index (χ3v) is 4.57. The normalized spacial score (nSPS) is 11.7. The van der Waals surface area contributed by atoms with Crippen LogP contribution in [-0.4, -0.2) is 25.8 Å². The topological polar surface area (TPSA) is 107 Å². The number of hydrogen-bond donors (Lipinski definition) is 2. The highest BCUT2D eigenvalue weighted by atomic mass is 16.1. The van der Waals surface area contributed by atoms with E-state index in [0.29, 0.717) is 23.5 Å². The van der Waals surface area contributed by atoms with Crippen molar-refractivity contribution in [2.24, 2.45) is 0 Å². The van der Waals surface area contributed by atoms with Crippen molar-refractivity contribution in [3.63, 3.8) is 0 Å². The molecule has 0 spiro atoms. The van der Waals surface area contributed by atoms with Crippen molar-refractivity contribution in [1.29, 1.82) is 5.26 Å². The Bertz CT molecular complexity index is 1210. The van der Waals surface area contributed by atoms with Crippen LogP contribution in [0.5, 0.6) is 0 Å². The van der Waals surface area contributed by atoms with Crippen LogP contribution in [0.3, 0.4) is 0 Å². The summed E-state index contributed by atoms with van der Waals surface area (Å²) in [7, 11) is 0. The number of pyridine rings is 2. The van der Waals surface area contributed by atoms with Gasteiger partial charge in [0.1, 0.15) is 11.3 Å². The van der Waals surface area contributed by atoms with Crippen LogP contribution < -0.4 is 5.32 Å². The minimum absolute atomic E-state index is 0.155. The second-order valence-electron chi connectivity index (χ2n) is 6.72. The summed E-state index contributed by atoms with van der Waals surface area (Å²) in [6.07, 6.45) is 5.75. The lowest BCUT2D eigenvalue weighted by molar-refractivity contribution is -0.119. The standard InChI is InChI=1S/C22H18N6O/c1-14(29)26-19(10-15-3-2-4-16(9-15)12-23)22-27-20-11-18(13-25-21(20)28-22)17-5-7-24-8-6-17/h2-9,11,13,19H,10H2,1H3,(H,26,29)(H,25,27,28)/t19-/m0/s1. The van der Waals surface area contributed by atoms with Gasteiger partial charge in [-0.05, 0) is 47.9 Å². The van der Waals surface area contributed by atoms with Gasteiger partial charge in [0.05, 0.1) is 17.7 Å². The van der Waals surface area contributed by atoms with E-state index in [1.54, 1.807) is 24.7 Å². The highest BCUT2D eigenvalue weighted by Gasteiger charge is 2.18. The van der Waals surface area contributed by atoms with Crippen LogP contribution in [0.4, 0.5) is 0 Å². The number of aromatic amines is 1. The summed E-state index contributed by atoms with van der Waals surface area (Å²) in [5.41, 5.74) is 4.84. The average Bonchev–Trinajstić information content (AvgIpc) is 3.17. The van der Waals surface area contributed by atoms with Crippen LogP contribution in [0.15, 0.2) is 61.1 Å². The summed E-state index contributed by atoms with van der Waals surface area (Å²) in [6.45, 7) is 1.47. The van der Waals surface area contributed by atoms with Gasteiger partial charge in [-0.25, -0.2) is 9.97 Å². The summed E-state index contributed by atoms with van der Waals surface area (Å²) < 4.78 is 0. The number of carbonyl (C=O) groups excluding carboxylic acids is 1. The Balaban J connectivity index is 1.68. The Morgan fingerprint density at radius 1 is 1.21 bits per heavy atom. The van der Waals surface area contributed by atoms with Crippen LogP contribution >= 0.6 is 0 Å². The Morgan fingerprint density at radius 2 is 2.03 bits per heavy atom. The van der Waals surface area contributed by atoms with Gasteiger partial charge >= 0.3 is 0 Å². The number of imidazole rings is 1. The van der Waals surface area contributed by atoms with Gasteiger partial charge in [0.2, 0.25) is 5.91 Å². The van der Waals surface area contributed by atoms with Gasteiger partial charge in [-0.2, -0.15) is 5.26 Å². The van der Waals surface area contributed by atoms with Crippen LogP contribution in [0.25, 0.3) is 22.3 Å². The first-order chi connectivity index (χ1) is 14.1.